The van der Waals surface area contributed by atoms with Crippen molar-refractivity contribution < 1.29 is 0 Å². The van der Waals surface area contributed by atoms with E-state index in [-0.39, 0.29) is 0 Å². The van der Waals surface area contributed by atoms with Crippen molar-refractivity contribution in [2.45, 2.75) is 111 Å². The Labute approximate surface area is 180 Å². The van der Waals surface area contributed by atoms with Crippen molar-refractivity contribution >= 4 is 11.6 Å². The Kier molecular flexibility index (Phi) is 6.03. The lowest BCUT2D eigenvalue weighted by Gasteiger charge is -2.58. The first-order valence-electron chi connectivity index (χ1n) is 12.6. The average molecular weight is 405 g/mol. The molecule has 2 unspecified atom stereocenters. The van der Waals surface area contributed by atoms with Gasteiger partial charge in [0.15, 0.2) is 0 Å². The van der Waals surface area contributed by atoms with Crippen molar-refractivity contribution in [3.05, 3.63) is 11.6 Å². The van der Waals surface area contributed by atoms with Gasteiger partial charge in [-0.25, -0.2) is 0 Å². The number of halogens is 1. The first-order valence-corrected chi connectivity index (χ1v) is 13.0. The van der Waals surface area contributed by atoms with Crippen LogP contribution in [0.2, 0.25) is 0 Å². The molecule has 0 spiro atoms. The van der Waals surface area contributed by atoms with Gasteiger partial charge in [-0.3, -0.25) is 0 Å². The van der Waals surface area contributed by atoms with Gasteiger partial charge in [0.2, 0.25) is 0 Å². The van der Waals surface area contributed by atoms with Crippen molar-refractivity contribution in [2.75, 3.05) is 0 Å². The summed E-state index contributed by atoms with van der Waals surface area (Å²) in [5, 5.41) is 0.396. The maximum Gasteiger partial charge on any atom is 0.0373 e. The van der Waals surface area contributed by atoms with Gasteiger partial charge in [0.1, 0.15) is 0 Å². The summed E-state index contributed by atoms with van der Waals surface area (Å²) in [6.45, 7) is 12.7. The molecule has 4 aliphatic rings. The molecule has 160 valence electrons. The zero-order chi connectivity index (χ0) is 20.1. The monoisotopic (exact) mass is 404 g/mol. The fraction of sp³-hybridized carbons (Fsp3) is 0.926. The Hall–Kier alpha value is 0.0300. The number of rotatable bonds is 5. The van der Waals surface area contributed by atoms with E-state index in [1.807, 2.05) is 0 Å². The van der Waals surface area contributed by atoms with Crippen molar-refractivity contribution in [3.8, 4) is 0 Å². The predicted molar refractivity (Wildman–Crippen MR) is 123 cm³/mol. The summed E-state index contributed by atoms with van der Waals surface area (Å²) in [6.07, 6.45) is 18.0. The molecule has 0 aromatic carbocycles. The fourth-order valence-electron chi connectivity index (χ4n) is 8.64. The maximum absolute atomic E-state index is 6.56. The second kappa shape index (κ2) is 7.94. The van der Waals surface area contributed by atoms with E-state index in [1.165, 1.54) is 70.6 Å². The van der Waals surface area contributed by atoms with E-state index in [9.17, 15) is 0 Å². The third-order valence-electron chi connectivity index (χ3n) is 10.2. The van der Waals surface area contributed by atoms with Gasteiger partial charge in [0.05, 0.1) is 0 Å². The lowest BCUT2D eigenvalue weighted by molar-refractivity contribution is -0.0498. The Morgan fingerprint density at radius 1 is 1.00 bits per heavy atom. The molecule has 0 bridgehead atoms. The van der Waals surface area contributed by atoms with Crippen LogP contribution < -0.4 is 0 Å². The molecule has 0 radical (unpaired) electrons. The number of fused-ring (bicyclic) bond motifs is 5. The summed E-state index contributed by atoms with van der Waals surface area (Å²) >= 11 is 6.56. The van der Waals surface area contributed by atoms with Crippen LogP contribution in [0.4, 0.5) is 0 Å². The largest absolute Gasteiger partial charge is 0.123 e. The van der Waals surface area contributed by atoms with Gasteiger partial charge in [-0.05, 0) is 97.7 Å². The molecule has 0 nitrogen and oxygen atoms in total. The molecule has 0 saturated heterocycles. The Morgan fingerprint density at radius 2 is 1.79 bits per heavy atom. The van der Waals surface area contributed by atoms with E-state index in [0.717, 1.165) is 35.5 Å². The molecule has 3 saturated carbocycles. The number of hydrogen-bond acceptors (Lipinski definition) is 0. The summed E-state index contributed by atoms with van der Waals surface area (Å²) < 4.78 is 0. The Balaban J connectivity index is 1.49. The summed E-state index contributed by atoms with van der Waals surface area (Å²) in [5.41, 5.74) is 2.82. The number of hydrogen-bond donors (Lipinski definition) is 0. The van der Waals surface area contributed by atoms with Crippen molar-refractivity contribution in [3.63, 3.8) is 0 Å². The highest BCUT2D eigenvalue weighted by Gasteiger charge is 2.58. The first kappa shape index (κ1) is 21.3. The highest BCUT2D eigenvalue weighted by molar-refractivity contribution is 6.20. The van der Waals surface area contributed by atoms with Gasteiger partial charge in [0.25, 0.3) is 0 Å². The molecule has 0 aromatic heterocycles. The average Bonchev–Trinajstić information content (AvgIpc) is 2.99. The molecular weight excluding hydrogens is 360 g/mol. The number of allylic oxidation sites excluding steroid dienone is 2. The second-order valence-electron chi connectivity index (χ2n) is 12.1. The predicted octanol–water partition coefficient (Wildman–Crippen LogP) is 8.64. The van der Waals surface area contributed by atoms with E-state index >= 15 is 0 Å². The molecular formula is C27H45Cl. The molecule has 0 aromatic rings. The highest BCUT2D eigenvalue weighted by atomic mass is 35.5. The standard InChI is InChI=1S/C27H45Cl/c1-18(2)7-6-8-19(3)23-11-12-24-22-10-9-20-17-21(28)13-15-26(20,4)25(22)14-16-27(23,24)5/h9,18-19,21-25H,6-8,10-17H2,1-5H3/t19?,21?,22-,23+,24-,25-,26-,27+/m0/s1. The van der Waals surface area contributed by atoms with Crippen LogP contribution in [0.5, 0.6) is 0 Å². The topological polar surface area (TPSA) is 0 Å². The SMILES string of the molecule is CC(C)CCCC(C)[C@H]1CC[C@H]2[C@@H]3CC=C4CC(Cl)CC[C@]4(C)[C@H]3CC[C@]12C. The third kappa shape index (κ3) is 3.52. The van der Waals surface area contributed by atoms with Crippen LogP contribution >= 0.6 is 11.6 Å². The van der Waals surface area contributed by atoms with Crippen LogP contribution in [0.15, 0.2) is 11.6 Å². The molecule has 28 heavy (non-hydrogen) atoms. The van der Waals surface area contributed by atoms with Crippen LogP contribution in [-0.4, -0.2) is 5.38 Å². The van der Waals surface area contributed by atoms with Crippen LogP contribution in [0.1, 0.15) is 105 Å². The lowest BCUT2D eigenvalue weighted by atomic mass is 9.47. The van der Waals surface area contributed by atoms with Crippen LogP contribution in [0.3, 0.4) is 0 Å². The van der Waals surface area contributed by atoms with Crippen LogP contribution in [-0.2, 0) is 0 Å². The normalized spacial score (nSPS) is 46.5. The van der Waals surface area contributed by atoms with Gasteiger partial charge in [-0.15, -0.1) is 11.6 Å². The van der Waals surface area contributed by atoms with E-state index in [4.69, 9.17) is 11.6 Å². The number of alkyl halides is 1. The highest BCUT2D eigenvalue weighted by Crippen LogP contribution is 2.67. The molecule has 0 amide bonds. The van der Waals surface area contributed by atoms with Crippen LogP contribution in [0, 0.1) is 46.3 Å². The van der Waals surface area contributed by atoms with Crippen molar-refractivity contribution in [1.82, 2.24) is 0 Å². The second-order valence-corrected chi connectivity index (χ2v) is 12.7. The van der Waals surface area contributed by atoms with Gasteiger partial charge in [-0.2, -0.15) is 0 Å². The molecule has 1 heteroatoms. The zero-order valence-electron chi connectivity index (χ0n) is 19.3. The summed E-state index contributed by atoms with van der Waals surface area (Å²) in [6, 6.07) is 0. The molecule has 3 fully saturated rings. The van der Waals surface area contributed by atoms with Gasteiger partial charge in [0, 0.05) is 5.38 Å². The van der Waals surface area contributed by atoms with Crippen molar-refractivity contribution in [2.24, 2.45) is 46.3 Å². The van der Waals surface area contributed by atoms with Gasteiger partial charge < -0.3 is 0 Å². The van der Waals surface area contributed by atoms with Gasteiger partial charge in [-0.1, -0.05) is 65.5 Å². The third-order valence-corrected chi connectivity index (χ3v) is 10.6. The van der Waals surface area contributed by atoms with E-state index < -0.39 is 0 Å². The van der Waals surface area contributed by atoms with E-state index in [1.54, 1.807) is 5.57 Å². The Bertz CT molecular complexity index is 591. The molecule has 0 heterocycles. The Morgan fingerprint density at radius 3 is 2.54 bits per heavy atom. The molecule has 4 rings (SSSR count). The quantitative estimate of drug-likeness (QED) is 0.317. The summed E-state index contributed by atoms with van der Waals surface area (Å²) in [7, 11) is 0. The minimum Gasteiger partial charge on any atom is -0.123 e. The van der Waals surface area contributed by atoms with E-state index in [0.29, 0.717) is 16.2 Å². The molecule has 0 N–H and O–H groups in total. The maximum atomic E-state index is 6.56. The fourth-order valence-corrected chi connectivity index (χ4v) is 8.92. The minimum absolute atomic E-state index is 0.396. The molecule has 4 aliphatic carbocycles. The smallest absolute Gasteiger partial charge is 0.0373 e. The lowest BCUT2D eigenvalue weighted by Crippen LogP contribution is -2.50. The van der Waals surface area contributed by atoms with E-state index in [2.05, 4.69) is 40.7 Å². The zero-order valence-corrected chi connectivity index (χ0v) is 20.0. The van der Waals surface area contributed by atoms with Crippen molar-refractivity contribution in [1.29, 1.82) is 0 Å². The van der Waals surface area contributed by atoms with Gasteiger partial charge >= 0.3 is 0 Å². The first-order chi connectivity index (χ1) is 13.3. The minimum atomic E-state index is 0.396. The van der Waals surface area contributed by atoms with Crippen LogP contribution in [0.25, 0.3) is 0 Å². The molecule has 0 aliphatic heterocycles. The summed E-state index contributed by atoms with van der Waals surface area (Å²) in [4.78, 5) is 0. The summed E-state index contributed by atoms with van der Waals surface area (Å²) in [5.74, 6) is 5.62. The molecule has 8 atom stereocenters.